The molecule has 0 N–H and O–H groups in total. The van der Waals surface area contributed by atoms with Gasteiger partial charge in [0.25, 0.3) is 11.5 Å². The second-order valence-electron chi connectivity index (χ2n) is 5.36. The van der Waals surface area contributed by atoms with E-state index in [1.54, 1.807) is 19.4 Å². The molecule has 26 heavy (non-hydrogen) atoms. The van der Waals surface area contributed by atoms with Crippen molar-refractivity contribution in [2.24, 2.45) is 4.99 Å². The molecule has 0 bridgehead atoms. The summed E-state index contributed by atoms with van der Waals surface area (Å²) in [6, 6.07) is 3.22. The number of nitro groups is 1. The zero-order chi connectivity index (χ0) is 18.7. The first-order valence-electron chi connectivity index (χ1n) is 7.84. The van der Waals surface area contributed by atoms with Crippen molar-refractivity contribution in [3.63, 3.8) is 0 Å². The number of aromatic nitrogens is 4. The zero-order valence-corrected chi connectivity index (χ0v) is 14.1. The Labute approximate surface area is 147 Å². The number of hydrogen-bond donors (Lipinski definition) is 0. The number of allylic oxidation sites excluding steroid dienone is 2. The van der Waals surface area contributed by atoms with Crippen molar-refractivity contribution in [3.8, 4) is 11.4 Å². The van der Waals surface area contributed by atoms with E-state index in [9.17, 15) is 14.5 Å². The minimum Gasteiger partial charge on any atom is -0.288 e. The fourth-order valence-electron chi connectivity index (χ4n) is 2.36. The van der Waals surface area contributed by atoms with Crippen molar-refractivity contribution in [2.75, 3.05) is 7.05 Å². The molecule has 0 saturated carbocycles. The maximum atomic E-state index is 14.1. The van der Waals surface area contributed by atoms with E-state index in [1.165, 1.54) is 4.52 Å². The zero-order valence-electron chi connectivity index (χ0n) is 14.1. The quantitative estimate of drug-likeness (QED) is 0.398. The Hall–Kier alpha value is -3.49. The molecule has 9 heteroatoms. The summed E-state index contributed by atoms with van der Waals surface area (Å²) in [7, 11) is 1.67. The molecule has 8 nitrogen and oxygen atoms in total. The number of aliphatic imine (C=N–C) groups is 1. The van der Waals surface area contributed by atoms with Crippen LogP contribution < -0.4 is 0 Å². The predicted molar refractivity (Wildman–Crippen MR) is 94.7 cm³/mol. The Kier molecular flexibility index (Phi) is 4.78. The standard InChI is InChI=1S/C17H15FN6O2/c1-3-4-5-15(19-2)11-9-20-17-21-16(22-23(17)10-11)13-8-12(24(25)26)6-7-14(13)18/h4-10H,3H2,1-2H3/b5-4-,19-15?. The molecule has 3 aromatic rings. The van der Waals surface area contributed by atoms with Crippen molar-refractivity contribution in [2.45, 2.75) is 13.3 Å². The SMILES string of the molecule is CC/C=C\C(=NC)c1cnc2nc(-c3cc([N+](=O)[O-])ccc3F)nn2c1. The molecule has 2 heterocycles. The summed E-state index contributed by atoms with van der Waals surface area (Å²) in [6.45, 7) is 2.02. The lowest BCUT2D eigenvalue weighted by Crippen LogP contribution is -2.01. The van der Waals surface area contributed by atoms with Gasteiger partial charge >= 0.3 is 0 Å². The molecule has 0 saturated heterocycles. The Morgan fingerprint density at radius 1 is 1.46 bits per heavy atom. The number of nitro benzene ring substituents is 1. The van der Waals surface area contributed by atoms with Crippen LogP contribution in [0.25, 0.3) is 17.2 Å². The molecule has 1 aromatic carbocycles. The van der Waals surface area contributed by atoms with E-state index in [2.05, 4.69) is 20.1 Å². The Bertz CT molecular complexity index is 1040. The third-order valence-corrected chi connectivity index (χ3v) is 3.64. The largest absolute Gasteiger partial charge is 0.288 e. The van der Waals surface area contributed by atoms with Crippen LogP contribution in [0, 0.1) is 15.9 Å². The molecule has 0 atom stereocenters. The Balaban J connectivity index is 2.07. The summed E-state index contributed by atoms with van der Waals surface area (Å²) in [6.07, 6.45) is 7.99. The molecule has 0 aliphatic rings. The first kappa shape index (κ1) is 17.3. The van der Waals surface area contributed by atoms with Crippen molar-refractivity contribution >= 4 is 17.2 Å². The third-order valence-electron chi connectivity index (χ3n) is 3.64. The summed E-state index contributed by atoms with van der Waals surface area (Å²) < 4.78 is 15.5. The highest BCUT2D eigenvalue weighted by atomic mass is 19.1. The second-order valence-corrected chi connectivity index (χ2v) is 5.36. The average Bonchev–Trinajstić information content (AvgIpc) is 3.05. The number of benzene rings is 1. The van der Waals surface area contributed by atoms with Crippen LogP contribution in [0.2, 0.25) is 0 Å². The van der Waals surface area contributed by atoms with Crippen LogP contribution in [0.15, 0.2) is 47.7 Å². The predicted octanol–water partition coefficient (Wildman–Crippen LogP) is 3.22. The van der Waals surface area contributed by atoms with E-state index in [4.69, 9.17) is 0 Å². The van der Waals surface area contributed by atoms with E-state index in [0.29, 0.717) is 0 Å². The highest BCUT2D eigenvalue weighted by molar-refractivity contribution is 6.08. The second kappa shape index (κ2) is 7.18. The molecule has 0 amide bonds. The van der Waals surface area contributed by atoms with Gasteiger partial charge in [0, 0.05) is 37.1 Å². The molecule has 0 aliphatic carbocycles. The van der Waals surface area contributed by atoms with Crippen molar-refractivity contribution in [3.05, 3.63) is 64.2 Å². The minimum absolute atomic E-state index is 0.0231. The summed E-state index contributed by atoms with van der Waals surface area (Å²) in [5.41, 5.74) is 1.15. The van der Waals surface area contributed by atoms with Crippen LogP contribution in [-0.2, 0) is 0 Å². The third kappa shape index (κ3) is 3.32. The number of rotatable bonds is 5. The fraction of sp³-hybridized carbons (Fsp3) is 0.176. The van der Waals surface area contributed by atoms with E-state index < -0.39 is 10.7 Å². The number of fused-ring (bicyclic) bond motifs is 1. The highest BCUT2D eigenvalue weighted by Gasteiger charge is 2.17. The molecule has 132 valence electrons. The number of hydrogen-bond acceptors (Lipinski definition) is 6. The van der Waals surface area contributed by atoms with Gasteiger partial charge < -0.3 is 0 Å². The van der Waals surface area contributed by atoms with Crippen LogP contribution in [0.3, 0.4) is 0 Å². The van der Waals surface area contributed by atoms with Crippen molar-refractivity contribution in [1.82, 2.24) is 19.6 Å². The maximum Gasteiger partial charge on any atom is 0.270 e. The Morgan fingerprint density at radius 3 is 2.96 bits per heavy atom. The summed E-state index contributed by atoms with van der Waals surface area (Å²) in [5, 5.41) is 15.1. The first-order valence-corrected chi connectivity index (χ1v) is 7.84. The average molecular weight is 354 g/mol. The molecule has 0 unspecified atom stereocenters. The Morgan fingerprint density at radius 2 is 2.27 bits per heavy atom. The van der Waals surface area contributed by atoms with Gasteiger partial charge in [-0.2, -0.15) is 4.98 Å². The normalized spacial score (nSPS) is 12.2. The van der Waals surface area contributed by atoms with Gasteiger partial charge in [-0.3, -0.25) is 15.1 Å². The van der Waals surface area contributed by atoms with Gasteiger partial charge in [0.1, 0.15) is 5.82 Å². The van der Waals surface area contributed by atoms with Crippen LogP contribution in [-0.4, -0.2) is 37.3 Å². The molecular formula is C17H15FN6O2. The van der Waals surface area contributed by atoms with E-state index in [-0.39, 0.29) is 22.9 Å². The molecule has 0 aliphatic heterocycles. The van der Waals surface area contributed by atoms with Gasteiger partial charge in [-0.25, -0.2) is 13.9 Å². The fourth-order valence-corrected chi connectivity index (χ4v) is 2.36. The number of halogens is 1. The van der Waals surface area contributed by atoms with Gasteiger partial charge in [0.15, 0.2) is 5.82 Å². The topological polar surface area (TPSA) is 98.6 Å². The van der Waals surface area contributed by atoms with Crippen LogP contribution in [0.4, 0.5) is 10.1 Å². The minimum atomic E-state index is -0.645. The van der Waals surface area contributed by atoms with Gasteiger partial charge in [-0.1, -0.05) is 13.0 Å². The van der Waals surface area contributed by atoms with Crippen molar-refractivity contribution < 1.29 is 9.31 Å². The number of non-ortho nitro benzene ring substituents is 1. The lowest BCUT2D eigenvalue weighted by atomic mass is 10.2. The molecule has 3 rings (SSSR count). The van der Waals surface area contributed by atoms with Crippen LogP contribution in [0.5, 0.6) is 0 Å². The lowest BCUT2D eigenvalue weighted by molar-refractivity contribution is -0.384. The monoisotopic (exact) mass is 354 g/mol. The lowest BCUT2D eigenvalue weighted by Gasteiger charge is -2.00. The van der Waals surface area contributed by atoms with E-state index in [0.717, 1.165) is 35.9 Å². The maximum absolute atomic E-state index is 14.1. The highest BCUT2D eigenvalue weighted by Crippen LogP contribution is 2.24. The van der Waals surface area contributed by atoms with Gasteiger partial charge in [0.05, 0.1) is 16.2 Å². The molecule has 0 radical (unpaired) electrons. The van der Waals surface area contributed by atoms with Gasteiger partial charge in [-0.15, -0.1) is 5.10 Å². The smallest absolute Gasteiger partial charge is 0.270 e. The molecule has 2 aromatic heterocycles. The molecule has 0 spiro atoms. The molecule has 0 fully saturated rings. The summed E-state index contributed by atoms with van der Waals surface area (Å²) in [4.78, 5) is 22.9. The summed E-state index contributed by atoms with van der Waals surface area (Å²) >= 11 is 0. The van der Waals surface area contributed by atoms with Gasteiger partial charge in [-0.05, 0) is 18.6 Å². The van der Waals surface area contributed by atoms with Crippen LogP contribution >= 0.6 is 0 Å². The van der Waals surface area contributed by atoms with Crippen LogP contribution in [0.1, 0.15) is 18.9 Å². The first-order chi connectivity index (χ1) is 12.5. The van der Waals surface area contributed by atoms with Crippen molar-refractivity contribution in [1.29, 1.82) is 0 Å². The number of nitrogens with zero attached hydrogens (tertiary/aromatic N) is 6. The van der Waals surface area contributed by atoms with E-state index >= 15 is 0 Å². The van der Waals surface area contributed by atoms with E-state index in [1.807, 2.05) is 19.1 Å². The van der Waals surface area contributed by atoms with Gasteiger partial charge in [0.2, 0.25) is 0 Å². The molecular weight excluding hydrogens is 339 g/mol. The summed E-state index contributed by atoms with van der Waals surface area (Å²) in [5.74, 6) is -0.368.